The Labute approximate surface area is 139 Å². The number of carbonyl (C=O) groups excluding carboxylic acids is 2. The van der Waals surface area contributed by atoms with E-state index < -0.39 is 0 Å². The quantitative estimate of drug-likeness (QED) is 0.885. The lowest BCUT2D eigenvalue weighted by Gasteiger charge is -2.18. The topological polar surface area (TPSA) is 76.7 Å². The maximum atomic E-state index is 12.1. The summed E-state index contributed by atoms with van der Waals surface area (Å²) < 4.78 is 10.8. The van der Waals surface area contributed by atoms with Gasteiger partial charge in [-0.05, 0) is 30.2 Å². The first-order chi connectivity index (χ1) is 11.7. The zero-order chi connectivity index (χ0) is 16.9. The van der Waals surface area contributed by atoms with Crippen molar-refractivity contribution in [2.24, 2.45) is 0 Å². The van der Waals surface area contributed by atoms with E-state index in [1.54, 1.807) is 18.2 Å². The van der Waals surface area contributed by atoms with Crippen LogP contribution < -0.4 is 20.1 Å². The van der Waals surface area contributed by atoms with Crippen molar-refractivity contribution in [3.05, 3.63) is 48.0 Å². The standard InChI is InChI=1S/C18H18N2O4/c1-2-12-5-3-4-6-14(12)19-17(21)10-23-13-7-8-16-15(9-13)20-18(22)11-24-16/h3-9H,2,10-11H2,1H3,(H,19,21)(H,20,22). The number of nitrogens with one attached hydrogen (secondary N) is 2. The molecule has 1 aliphatic rings. The molecule has 6 nitrogen and oxygen atoms in total. The molecule has 0 bridgehead atoms. The van der Waals surface area contributed by atoms with E-state index in [-0.39, 0.29) is 25.0 Å². The molecule has 0 fully saturated rings. The largest absolute Gasteiger partial charge is 0.484 e. The van der Waals surface area contributed by atoms with Crippen molar-refractivity contribution < 1.29 is 19.1 Å². The number of anilines is 2. The van der Waals surface area contributed by atoms with E-state index >= 15 is 0 Å². The summed E-state index contributed by atoms with van der Waals surface area (Å²) in [6, 6.07) is 12.7. The van der Waals surface area contributed by atoms with Gasteiger partial charge in [-0.1, -0.05) is 25.1 Å². The molecule has 1 aliphatic heterocycles. The van der Waals surface area contributed by atoms with Crippen molar-refractivity contribution in [2.75, 3.05) is 23.8 Å². The highest BCUT2D eigenvalue weighted by molar-refractivity contribution is 5.95. The number of ether oxygens (including phenoxy) is 2. The summed E-state index contributed by atoms with van der Waals surface area (Å²) in [7, 11) is 0. The molecular formula is C18H18N2O4. The van der Waals surface area contributed by atoms with Crippen LogP contribution in [0.3, 0.4) is 0 Å². The molecule has 124 valence electrons. The number of fused-ring (bicyclic) bond motifs is 1. The second kappa shape index (κ2) is 7.04. The van der Waals surface area contributed by atoms with E-state index in [1.807, 2.05) is 31.2 Å². The van der Waals surface area contributed by atoms with Gasteiger partial charge in [0.1, 0.15) is 11.5 Å². The van der Waals surface area contributed by atoms with E-state index in [9.17, 15) is 9.59 Å². The number of aryl methyl sites for hydroxylation is 1. The lowest BCUT2D eigenvalue weighted by molar-refractivity contribution is -0.119. The molecule has 0 radical (unpaired) electrons. The third kappa shape index (κ3) is 3.65. The molecule has 3 rings (SSSR count). The third-order valence-corrected chi connectivity index (χ3v) is 3.63. The normalized spacial score (nSPS) is 12.6. The fourth-order valence-electron chi connectivity index (χ4n) is 2.44. The number of para-hydroxylation sites is 1. The van der Waals surface area contributed by atoms with E-state index in [0.29, 0.717) is 17.2 Å². The molecule has 2 aromatic rings. The van der Waals surface area contributed by atoms with Crippen molar-refractivity contribution in [1.82, 2.24) is 0 Å². The Morgan fingerprint density at radius 2 is 2.12 bits per heavy atom. The summed E-state index contributed by atoms with van der Waals surface area (Å²) >= 11 is 0. The Balaban J connectivity index is 1.60. The van der Waals surface area contributed by atoms with Gasteiger partial charge in [0.25, 0.3) is 11.8 Å². The average molecular weight is 326 g/mol. The van der Waals surface area contributed by atoms with Crippen LogP contribution in [0.15, 0.2) is 42.5 Å². The zero-order valence-corrected chi connectivity index (χ0v) is 13.3. The van der Waals surface area contributed by atoms with Gasteiger partial charge in [-0.2, -0.15) is 0 Å². The molecule has 6 heteroatoms. The number of benzene rings is 2. The monoisotopic (exact) mass is 326 g/mol. The smallest absolute Gasteiger partial charge is 0.262 e. The van der Waals surface area contributed by atoms with E-state index in [2.05, 4.69) is 10.6 Å². The van der Waals surface area contributed by atoms with Crippen LogP contribution in [-0.4, -0.2) is 25.0 Å². The predicted molar refractivity (Wildman–Crippen MR) is 90.5 cm³/mol. The molecule has 2 amide bonds. The van der Waals surface area contributed by atoms with Gasteiger partial charge in [0.05, 0.1) is 5.69 Å². The molecule has 2 aromatic carbocycles. The number of amides is 2. The molecule has 0 atom stereocenters. The van der Waals surface area contributed by atoms with Crippen LogP contribution in [0, 0.1) is 0 Å². The van der Waals surface area contributed by atoms with Gasteiger partial charge < -0.3 is 20.1 Å². The number of carbonyl (C=O) groups is 2. The molecule has 0 saturated heterocycles. The minimum Gasteiger partial charge on any atom is -0.484 e. The van der Waals surface area contributed by atoms with Crippen molar-refractivity contribution in [3.8, 4) is 11.5 Å². The fraction of sp³-hybridized carbons (Fsp3) is 0.222. The van der Waals surface area contributed by atoms with Gasteiger partial charge in [0.2, 0.25) is 0 Å². The van der Waals surface area contributed by atoms with Gasteiger partial charge in [0, 0.05) is 11.8 Å². The Kier molecular flexibility index (Phi) is 4.65. The Hall–Kier alpha value is -3.02. The molecule has 2 N–H and O–H groups in total. The van der Waals surface area contributed by atoms with E-state index in [1.165, 1.54) is 0 Å². The Morgan fingerprint density at radius 1 is 1.29 bits per heavy atom. The zero-order valence-electron chi connectivity index (χ0n) is 13.3. The number of hydrogen-bond acceptors (Lipinski definition) is 4. The van der Waals surface area contributed by atoms with Crippen molar-refractivity contribution in [3.63, 3.8) is 0 Å². The fourth-order valence-corrected chi connectivity index (χ4v) is 2.44. The minimum atomic E-state index is -0.242. The molecule has 24 heavy (non-hydrogen) atoms. The van der Waals surface area contributed by atoms with Crippen LogP contribution in [0.25, 0.3) is 0 Å². The first-order valence-corrected chi connectivity index (χ1v) is 7.73. The molecule has 0 aliphatic carbocycles. The molecule has 0 saturated carbocycles. The molecule has 0 aromatic heterocycles. The molecule has 0 spiro atoms. The van der Waals surface area contributed by atoms with Crippen molar-refractivity contribution >= 4 is 23.2 Å². The van der Waals surface area contributed by atoms with Crippen molar-refractivity contribution in [1.29, 1.82) is 0 Å². The van der Waals surface area contributed by atoms with Crippen LogP contribution in [0.5, 0.6) is 11.5 Å². The predicted octanol–water partition coefficient (Wildman–Crippen LogP) is 2.60. The number of rotatable bonds is 5. The van der Waals surface area contributed by atoms with Gasteiger partial charge in [0.15, 0.2) is 13.2 Å². The number of hydrogen-bond donors (Lipinski definition) is 2. The average Bonchev–Trinajstić information content (AvgIpc) is 2.60. The summed E-state index contributed by atoms with van der Waals surface area (Å²) in [6.45, 7) is 1.92. The van der Waals surface area contributed by atoms with E-state index in [4.69, 9.17) is 9.47 Å². The highest BCUT2D eigenvalue weighted by atomic mass is 16.5. The summed E-state index contributed by atoms with van der Waals surface area (Å²) in [5, 5.41) is 5.54. The van der Waals surface area contributed by atoms with Crippen molar-refractivity contribution in [2.45, 2.75) is 13.3 Å². The lowest BCUT2D eigenvalue weighted by Crippen LogP contribution is -2.25. The Morgan fingerprint density at radius 3 is 2.96 bits per heavy atom. The summed E-state index contributed by atoms with van der Waals surface area (Å²) in [6.07, 6.45) is 0.835. The van der Waals surface area contributed by atoms with E-state index in [0.717, 1.165) is 17.7 Å². The summed E-state index contributed by atoms with van der Waals surface area (Å²) in [5.41, 5.74) is 2.40. The maximum absolute atomic E-state index is 12.1. The first kappa shape index (κ1) is 15.9. The third-order valence-electron chi connectivity index (χ3n) is 3.63. The van der Waals surface area contributed by atoms with Crippen LogP contribution in [0.1, 0.15) is 12.5 Å². The summed E-state index contributed by atoms with van der Waals surface area (Å²) in [4.78, 5) is 23.4. The first-order valence-electron chi connectivity index (χ1n) is 7.73. The molecular weight excluding hydrogens is 308 g/mol. The SMILES string of the molecule is CCc1ccccc1NC(=O)COc1ccc2c(c1)NC(=O)CO2. The maximum Gasteiger partial charge on any atom is 0.262 e. The van der Waals surface area contributed by atoms with Gasteiger partial charge in [-0.3, -0.25) is 9.59 Å². The lowest BCUT2D eigenvalue weighted by atomic mass is 10.1. The highest BCUT2D eigenvalue weighted by Gasteiger charge is 2.16. The summed E-state index contributed by atoms with van der Waals surface area (Å²) in [5.74, 6) is 0.615. The Bertz CT molecular complexity index is 773. The minimum absolute atomic E-state index is 0.00640. The van der Waals surface area contributed by atoms with Crippen LogP contribution in [-0.2, 0) is 16.0 Å². The molecule has 0 unspecified atom stereocenters. The van der Waals surface area contributed by atoms with Crippen LogP contribution >= 0.6 is 0 Å². The van der Waals surface area contributed by atoms with Crippen LogP contribution in [0.4, 0.5) is 11.4 Å². The van der Waals surface area contributed by atoms with Crippen LogP contribution in [0.2, 0.25) is 0 Å². The second-order valence-electron chi connectivity index (χ2n) is 5.34. The second-order valence-corrected chi connectivity index (χ2v) is 5.34. The van der Waals surface area contributed by atoms with Gasteiger partial charge in [-0.15, -0.1) is 0 Å². The van der Waals surface area contributed by atoms with Gasteiger partial charge >= 0.3 is 0 Å². The highest BCUT2D eigenvalue weighted by Crippen LogP contribution is 2.31. The van der Waals surface area contributed by atoms with Gasteiger partial charge in [-0.25, -0.2) is 0 Å². The molecule has 1 heterocycles.